The van der Waals surface area contributed by atoms with Gasteiger partial charge in [-0.2, -0.15) is 5.10 Å². The Labute approximate surface area is 135 Å². The molecule has 1 aliphatic heterocycles. The van der Waals surface area contributed by atoms with E-state index >= 15 is 0 Å². The fraction of sp³-hybridized carbons (Fsp3) is 0.412. The van der Waals surface area contributed by atoms with Crippen molar-refractivity contribution in [3.63, 3.8) is 0 Å². The van der Waals surface area contributed by atoms with Gasteiger partial charge in [-0.3, -0.25) is 9.89 Å². The number of nitrogens with one attached hydrogen (secondary N) is 2. The van der Waals surface area contributed by atoms with Crippen molar-refractivity contribution in [2.75, 3.05) is 13.7 Å². The fourth-order valence-corrected chi connectivity index (χ4v) is 2.96. The molecule has 2 aromatic rings. The molecule has 1 fully saturated rings. The number of benzene rings is 1. The van der Waals surface area contributed by atoms with Crippen LogP contribution in [0.1, 0.15) is 30.1 Å². The Morgan fingerprint density at radius 1 is 1.48 bits per heavy atom. The van der Waals surface area contributed by atoms with E-state index in [0.29, 0.717) is 13.2 Å². The molecule has 0 aliphatic carbocycles. The Balaban J connectivity index is 1.66. The highest BCUT2D eigenvalue weighted by Crippen LogP contribution is 2.33. The third-order valence-corrected chi connectivity index (χ3v) is 4.15. The maximum Gasteiger partial charge on any atom is 0.226 e. The number of methoxy groups -OCH3 is 1. The molecule has 6 heteroatoms. The number of ether oxygens (including phenoxy) is 2. The summed E-state index contributed by atoms with van der Waals surface area (Å²) >= 11 is 0. The lowest BCUT2D eigenvalue weighted by atomic mass is 9.90. The van der Waals surface area contributed by atoms with E-state index in [9.17, 15) is 4.79 Å². The average Bonchev–Trinajstić information content (AvgIpc) is 3.14. The van der Waals surface area contributed by atoms with Gasteiger partial charge in [-0.1, -0.05) is 18.2 Å². The monoisotopic (exact) mass is 315 g/mol. The lowest BCUT2D eigenvalue weighted by Crippen LogP contribution is -2.37. The van der Waals surface area contributed by atoms with E-state index in [1.54, 1.807) is 19.5 Å². The molecule has 6 nitrogen and oxygen atoms in total. The molecule has 0 saturated carbocycles. The van der Waals surface area contributed by atoms with Crippen molar-refractivity contribution < 1.29 is 14.3 Å². The Bertz CT molecular complexity index is 642. The summed E-state index contributed by atoms with van der Waals surface area (Å²) in [5.74, 6) is 0.581. The van der Waals surface area contributed by atoms with Crippen LogP contribution in [0.3, 0.4) is 0 Å². The highest BCUT2D eigenvalue weighted by molar-refractivity contribution is 5.79. The van der Waals surface area contributed by atoms with E-state index in [1.807, 2.05) is 24.3 Å². The molecule has 1 amide bonds. The number of carbonyl (C=O) groups excluding carboxylic acids is 1. The minimum atomic E-state index is -0.236. The molecule has 0 spiro atoms. The van der Waals surface area contributed by atoms with Crippen LogP contribution in [0.2, 0.25) is 0 Å². The Hall–Kier alpha value is -2.34. The molecule has 2 atom stereocenters. The van der Waals surface area contributed by atoms with E-state index in [1.165, 1.54) is 0 Å². The van der Waals surface area contributed by atoms with Gasteiger partial charge in [0.2, 0.25) is 5.91 Å². The van der Waals surface area contributed by atoms with E-state index in [-0.39, 0.29) is 17.9 Å². The van der Waals surface area contributed by atoms with E-state index < -0.39 is 0 Å². The predicted molar refractivity (Wildman–Crippen MR) is 84.8 cm³/mol. The molecular weight excluding hydrogens is 294 g/mol. The topological polar surface area (TPSA) is 76.2 Å². The zero-order valence-corrected chi connectivity index (χ0v) is 13.1. The lowest BCUT2D eigenvalue weighted by molar-refractivity contribution is -0.134. The first kappa shape index (κ1) is 15.6. The third kappa shape index (κ3) is 3.53. The summed E-state index contributed by atoms with van der Waals surface area (Å²) in [5.41, 5.74) is 1.88. The van der Waals surface area contributed by atoms with Gasteiger partial charge < -0.3 is 14.8 Å². The minimum absolute atomic E-state index is 0.00167. The minimum Gasteiger partial charge on any atom is -0.496 e. The average molecular weight is 315 g/mol. The van der Waals surface area contributed by atoms with E-state index in [4.69, 9.17) is 9.47 Å². The van der Waals surface area contributed by atoms with Gasteiger partial charge in [-0.05, 0) is 18.9 Å². The van der Waals surface area contributed by atoms with Crippen LogP contribution in [0.15, 0.2) is 36.7 Å². The van der Waals surface area contributed by atoms with Crippen LogP contribution in [-0.4, -0.2) is 29.8 Å². The molecule has 0 bridgehead atoms. The second kappa shape index (κ2) is 7.28. The summed E-state index contributed by atoms with van der Waals surface area (Å²) in [5, 5.41) is 9.74. The van der Waals surface area contributed by atoms with Gasteiger partial charge >= 0.3 is 0 Å². The van der Waals surface area contributed by atoms with Crippen molar-refractivity contribution in [2.45, 2.75) is 25.5 Å². The van der Waals surface area contributed by atoms with Gasteiger partial charge in [0.25, 0.3) is 0 Å². The number of hydrogen-bond donors (Lipinski definition) is 2. The predicted octanol–water partition coefficient (Wildman–Crippen LogP) is 2.20. The van der Waals surface area contributed by atoms with Crippen LogP contribution >= 0.6 is 0 Å². The van der Waals surface area contributed by atoms with Crippen molar-refractivity contribution in [3.05, 3.63) is 47.8 Å². The largest absolute Gasteiger partial charge is 0.496 e. The second-order valence-electron chi connectivity index (χ2n) is 5.60. The van der Waals surface area contributed by atoms with E-state index in [0.717, 1.165) is 29.7 Å². The zero-order valence-electron chi connectivity index (χ0n) is 13.1. The number of nitrogens with zero attached hydrogens (tertiary/aromatic N) is 1. The molecule has 2 N–H and O–H groups in total. The molecule has 0 radical (unpaired) electrons. The summed E-state index contributed by atoms with van der Waals surface area (Å²) in [6, 6.07) is 7.68. The number of rotatable bonds is 5. The molecule has 1 aromatic heterocycles. The highest BCUT2D eigenvalue weighted by atomic mass is 16.5. The van der Waals surface area contributed by atoms with Crippen molar-refractivity contribution in [3.8, 4) is 5.75 Å². The van der Waals surface area contributed by atoms with Crippen LogP contribution in [0.4, 0.5) is 0 Å². The first-order valence-electron chi connectivity index (χ1n) is 7.79. The number of carbonyl (C=O) groups is 1. The first-order valence-corrected chi connectivity index (χ1v) is 7.79. The molecule has 1 aliphatic rings. The van der Waals surface area contributed by atoms with E-state index in [2.05, 4.69) is 15.5 Å². The summed E-state index contributed by atoms with van der Waals surface area (Å²) < 4.78 is 11.1. The molecule has 0 unspecified atom stereocenters. The summed E-state index contributed by atoms with van der Waals surface area (Å²) in [6.07, 6.45) is 4.97. The SMILES string of the molecule is COc1ccccc1CNC(=O)[C@@H]1CCCO[C@H]1c1cn[nH]c1. The fourth-order valence-electron chi connectivity index (χ4n) is 2.96. The Kier molecular flexibility index (Phi) is 4.92. The van der Waals surface area contributed by atoms with Crippen LogP contribution in [0.5, 0.6) is 5.75 Å². The number of amides is 1. The quantitative estimate of drug-likeness (QED) is 0.887. The molecule has 2 heterocycles. The normalized spacial score (nSPS) is 20.9. The highest BCUT2D eigenvalue weighted by Gasteiger charge is 2.33. The van der Waals surface area contributed by atoms with Gasteiger partial charge in [0.05, 0.1) is 25.3 Å². The van der Waals surface area contributed by atoms with Crippen LogP contribution in [0, 0.1) is 5.92 Å². The maximum atomic E-state index is 12.6. The van der Waals surface area contributed by atoms with Gasteiger partial charge in [-0.15, -0.1) is 0 Å². The van der Waals surface area contributed by atoms with Gasteiger partial charge in [0, 0.05) is 30.5 Å². The zero-order chi connectivity index (χ0) is 16.1. The summed E-state index contributed by atoms with van der Waals surface area (Å²) in [4.78, 5) is 12.6. The number of hydrogen-bond acceptors (Lipinski definition) is 4. The number of H-pyrrole nitrogens is 1. The van der Waals surface area contributed by atoms with Crippen molar-refractivity contribution in [1.29, 1.82) is 0 Å². The van der Waals surface area contributed by atoms with Crippen LogP contribution in [-0.2, 0) is 16.1 Å². The Morgan fingerprint density at radius 2 is 2.35 bits per heavy atom. The Morgan fingerprint density at radius 3 is 3.13 bits per heavy atom. The van der Waals surface area contributed by atoms with Crippen molar-refractivity contribution in [2.24, 2.45) is 5.92 Å². The first-order chi connectivity index (χ1) is 11.3. The molecule has 122 valence electrons. The molecule has 1 aromatic carbocycles. The standard InChI is InChI=1S/C17H21N3O3/c1-22-15-7-3-2-5-12(15)9-18-17(21)14-6-4-8-23-16(14)13-10-19-20-11-13/h2-3,5,7,10-11,14,16H,4,6,8-9H2,1H3,(H,18,21)(H,19,20)/t14-,16+/m1/s1. The van der Waals surface area contributed by atoms with Crippen molar-refractivity contribution in [1.82, 2.24) is 15.5 Å². The molecular formula is C17H21N3O3. The van der Waals surface area contributed by atoms with Crippen LogP contribution in [0.25, 0.3) is 0 Å². The van der Waals surface area contributed by atoms with Crippen molar-refractivity contribution >= 4 is 5.91 Å². The molecule has 3 rings (SSSR count). The lowest BCUT2D eigenvalue weighted by Gasteiger charge is -2.30. The second-order valence-corrected chi connectivity index (χ2v) is 5.60. The van der Waals surface area contributed by atoms with Gasteiger partial charge in [0.1, 0.15) is 5.75 Å². The molecule has 1 saturated heterocycles. The van der Waals surface area contributed by atoms with Gasteiger partial charge in [0.15, 0.2) is 0 Å². The van der Waals surface area contributed by atoms with Crippen LogP contribution < -0.4 is 10.1 Å². The smallest absolute Gasteiger partial charge is 0.226 e. The summed E-state index contributed by atoms with van der Waals surface area (Å²) in [7, 11) is 1.63. The number of aromatic nitrogens is 2. The number of para-hydroxylation sites is 1. The number of aromatic amines is 1. The summed E-state index contributed by atoms with van der Waals surface area (Å²) in [6.45, 7) is 1.11. The third-order valence-electron chi connectivity index (χ3n) is 4.15. The molecule has 23 heavy (non-hydrogen) atoms. The maximum absolute atomic E-state index is 12.6. The van der Waals surface area contributed by atoms with Gasteiger partial charge in [-0.25, -0.2) is 0 Å².